The van der Waals surface area contributed by atoms with Crippen molar-refractivity contribution in [1.82, 2.24) is 0 Å². The number of hydrogen-bond donors (Lipinski definition) is 0. The van der Waals surface area contributed by atoms with Crippen molar-refractivity contribution in [3.05, 3.63) is 58.9 Å². The summed E-state index contributed by atoms with van der Waals surface area (Å²) in [4.78, 5) is 3.67. The van der Waals surface area contributed by atoms with Gasteiger partial charge in [0.2, 0.25) is 0 Å². The summed E-state index contributed by atoms with van der Waals surface area (Å²) in [5, 5.41) is 0.413. The molecule has 3 nitrogen and oxygen atoms in total. The molecule has 1 aliphatic carbocycles. The molecule has 27 heavy (non-hydrogen) atoms. The van der Waals surface area contributed by atoms with Crippen molar-refractivity contribution in [2.24, 2.45) is 11.3 Å². The second-order valence-corrected chi connectivity index (χ2v) is 10.6. The third-order valence-electron chi connectivity index (χ3n) is 5.52. The van der Waals surface area contributed by atoms with Crippen molar-refractivity contribution >= 4 is 27.1 Å². The van der Waals surface area contributed by atoms with Crippen molar-refractivity contribution in [3.63, 3.8) is 0 Å². The van der Waals surface area contributed by atoms with Crippen molar-refractivity contribution in [2.75, 3.05) is 5.75 Å². The number of nitrogens with zero attached hydrogens (tertiary/aromatic N) is 1. The molecule has 1 fully saturated rings. The molecule has 0 saturated heterocycles. The van der Waals surface area contributed by atoms with E-state index in [1.54, 1.807) is 30.3 Å². The third kappa shape index (κ3) is 4.72. The van der Waals surface area contributed by atoms with Crippen LogP contribution in [-0.4, -0.2) is 14.2 Å². The van der Waals surface area contributed by atoms with Crippen molar-refractivity contribution in [1.29, 1.82) is 0 Å². The summed E-state index contributed by atoms with van der Waals surface area (Å²) in [7, 11) is -3.35. The first-order valence-electron chi connectivity index (χ1n) is 9.20. The number of benzene rings is 2. The predicted molar refractivity (Wildman–Crippen MR) is 111 cm³/mol. The third-order valence-corrected chi connectivity index (χ3v) is 7.72. The van der Waals surface area contributed by atoms with Crippen LogP contribution in [0.25, 0.3) is 16.0 Å². The van der Waals surface area contributed by atoms with Gasteiger partial charge in [0.1, 0.15) is 0 Å². The van der Waals surface area contributed by atoms with Crippen LogP contribution < -0.4 is 0 Å². The lowest BCUT2D eigenvalue weighted by molar-refractivity contribution is 0.202. The maximum Gasteiger partial charge on any atom is 0.187 e. The van der Waals surface area contributed by atoms with Crippen molar-refractivity contribution in [3.8, 4) is 11.1 Å². The van der Waals surface area contributed by atoms with E-state index in [1.165, 1.54) is 0 Å². The predicted octanol–water partition coefficient (Wildman–Crippen LogP) is 6.55. The molecule has 0 amide bonds. The Morgan fingerprint density at radius 1 is 1.11 bits per heavy atom. The van der Waals surface area contributed by atoms with Gasteiger partial charge in [0, 0.05) is 10.6 Å². The van der Waals surface area contributed by atoms with E-state index >= 15 is 0 Å². The van der Waals surface area contributed by atoms with Crippen molar-refractivity contribution in [2.45, 2.75) is 44.4 Å². The van der Waals surface area contributed by atoms with Gasteiger partial charge < -0.3 is 0 Å². The standard InChI is InChI=1S/C22H24ClNO2S/c1-22(2)12-10-16(11-13-22)15-27(25,26)19-8-9-20(21(23)14-19)17-4-6-18(24-3)7-5-17/h4-9,14,16H,10-13,15H2,1-2H3. The lowest BCUT2D eigenvalue weighted by atomic mass is 9.74. The van der Waals surface area contributed by atoms with E-state index in [2.05, 4.69) is 18.7 Å². The average molecular weight is 402 g/mol. The van der Waals surface area contributed by atoms with Crippen LogP contribution in [-0.2, 0) is 9.84 Å². The molecule has 5 heteroatoms. The number of halogens is 1. The minimum Gasteiger partial charge on any atom is -0.238 e. The Morgan fingerprint density at radius 2 is 1.74 bits per heavy atom. The van der Waals surface area contributed by atoms with Gasteiger partial charge in [-0.2, -0.15) is 0 Å². The minimum absolute atomic E-state index is 0.193. The Kier molecular flexibility index (Phi) is 5.65. The van der Waals surface area contributed by atoms with Gasteiger partial charge in [-0.25, -0.2) is 13.3 Å². The van der Waals surface area contributed by atoms with E-state index in [0.717, 1.165) is 36.8 Å². The highest BCUT2D eigenvalue weighted by molar-refractivity contribution is 7.91. The fourth-order valence-electron chi connectivity index (χ4n) is 3.67. The molecule has 3 rings (SSSR count). The fraction of sp³-hybridized carbons (Fsp3) is 0.409. The van der Waals surface area contributed by atoms with Crippen LogP contribution >= 0.6 is 11.6 Å². The largest absolute Gasteiger partial charge is 0.238 e. The molecule has 0 N–H and O–H groups in total. The Hall–Kier alpha value is -1.83. The second kappa shape index (κ2) is 7.66. The molecule has 0 aliphatic heterocycles. The Labute approximate surface area is 167 Å². The zero-order valence-electron chi connectivity index (χ0n) is 15.7. The van der Waals surface area contributed by atoms with Gasteiger partial charge in [-0.15, -0.1) is 0 Å². The minimum atomic E-state index is -3.35. The topological polar surface area (TPSA) is 38.5 Å². The molecule has 0 unspecified atom stereocenters. The van der Waals surface area contributed by atoms with Gasteiger partial charge in [-0.3, -0.25) is 0 Å². The molecule has 2 aromatic rings. The first-order chi connectivity index (χ1) is 12.7. The lowest BCUT2D eigenvalue weighted by Crippen LogP contribution is -2.26. The number of sulfone groups is 1. The maximum atomic E-state index is 12.9. The molecule has 0 bridgehead atoms. The van der Waals surface area contributed by atoms with Crippen molar-refractivity contribution < 1.29 is 8.42 Å². The molecule has 2 aromatic carbocycles. The van der Waals surface area contributed by atoms with E-state index < -0.39 is 9.84 Å². The molecule has 1 saturated carbocycles. The molecular formula is C22H24ClNO2S. The molecule has 1 aliphatic rings. The quantitative estimate of drug-likeness (QED) is 0.545. The van der Waals surface area contributed by atoms with E-state index in [-0.39, 0.29) is 11.7 Å². The van der Waals surface area contributed by atoms with Crippen LogP contribution in [0.1, 0.15) is 39.5 Å². The van der Waals surface area contributed by atoms with Gasteiger partial charge >= 0.3 is 0 Å². The lowest BCUT2D eigenvalue weighted by Gasteiger charge is -2.34. The number of hydrogen-bond acceptors (Lipinski definition) is 2. The highest BCUT2D eigenvalue weighted by Crippen LogP contribution is 2.39. The molecule has 0 atom stereocenters. The summed E-state index contributed by atoms with van der Waals surface area (Å²) < 4.78 is 25.7. The zero-order valence-corrected chi connectivity index (χ0v) is 17.3. The highest BCUT2D eigenvalue weighted by Gasteiger charge is 2.30. The van der Waals surface area contributed by atoms with Crippen LogP contribution in [0.2, 0.25) is 5.02 Å². The summed E-state index contributed by atoms with van der Waals surface area (Å²) in [5.41, 5.74) is 2.52. The number of rotatable bonds is 4. The molecule has 0 radical (unpaired) electrons. The molecule has 0 aromatic heterocycles. The smallest absolute Gasteiger partial charge is 0.187 e. The van der Waals surface area contributed by atoms with Crippen LogP contribution in [0.15, 0.2) is 47.4 Å². The Balaban J connectivity index is 1.78. The monoisotopic (exact) mass is 401 g/mol. The maximum absolute atomic E-state index is 12.9. The summed E-state index contributed by atoms with van der Waals surface area (Å²) in [6.45, 7) is 11.5. The van der Waals surface area contributed by atoms with E-state index in [9.17, 15) is 8.42 Å². The van der Waals surface area contributed by atoms with Crippen LogP contribution in [0.3, 0.4) is 0 Å². The highest BCUT2D eigenvalue weighted by atomic mass is 35.5. The van der Waals surface area contributed by atoms with Crippen LogP contribution in [0.4, 0.5) is 5.69 Å². The van der Waals surface area contributed by atoms with Gasteiger partial charge in [0.15, 0.2) is 15.5 Å². The molecule has 0 spiro atoms. The molecule has 142 valence electrons. The average Bonchev–Trinajstić information content (AvgIpc) is 2.63. The Morgan fingerprint density at radius 3 is 2.30 bits per heavy atom. The summed E-state index contributed by atoms with van der Waals surface area (Å²) in [6.07, 6.45) is 4.08. The summed E-state index contributed by atoms with van der Waals surface area (Å²) >= 11 is 6.40. The van der Waals surface area contributed by atoms with E-state index in [1.807, 2.05) is 12.1 Å². The Bertz CT molecular complexity index is 962. The fourth-order valence-corrected chi connectivity index (χ4v) is 5.74. The van der Waals surface area contributed by atoms with Gasteiger partial charge in [0.05, 0.1) is 17.2 Å². The zero-order chi connectivity index (χ0) is 19.7. The van der Waals surface area contributed by atoms with Gasteiger partial charge in [-0.1, -0.05) is 55.8 Å². The van der Waals surface area contributed by atoms with Gasteiger partial charge in [0.25, 0.3) is 0 Å². The van der Waals surface area contributed by atoms with Gasteiger partial charge in [-0.05, 0) is 54.7 Å². The normalized spacial score (nSPS) is 17.4. The molecular weight excluding hydrogens is 378 g/mol. The SMILES string of the molecule is [C-]#[N+]c1ccc(-c2ccc(S(=O)(=O)CC3CCC(C)(C)CC3)cc2Cl)cc1. The summed E-state index contributed by atoms with van der Waals surface area (Å²) in [5.74, 6) is 0.418. The van der Waals surface area contributed by atoms with E-state index in [4.69, 9.17) is 18.2 Å². The first-order valence-corrected chi connectivity index (χ1v) is 11.2. The van der Waals surface area contributed by atoms with Crippen LogP contribution in [0.5, 0.6) is 0 Å². The van der Waals surface area contributed by atoms with Crippen LogP contribution in [0, 0.1) is 17.9 Å². The second-order valence-electron chi connectivity index (χ2n) is 8.19. The summed E-state index contributed by atoms with van der Waals surface area (Å²) in [6, 6.07) is 12.1. The first kappa shape index (κ1) is 19.9. The van der Waals surface area contributed by atoms with E-state index in [0.29, 0.717) is 21.0 Å². The molecule has 0 heterocycles.